The van der Waals surface area contributed by atoms with Crippen molar-refractivity contribution in [2.45, 2.75) is 13.5 Å². The van der Waals surface area contributed by atoms with Crippen LogP contribution in [0.1, 0.15) is 11.1 Å². The van der Waals surface area contributed by atoms with Crippen LogP contribution in [0.2, 0.25) is 5.02 Å². The molecule has 1 heterocycles. The van der Waals surface area contributed by atoms with Crippen LogP contribution in [0.3, 0.4) is 0 Å². The fourth-order valence-corrected chi connectivity index (χ4v) is 2.40. The van der Waals surface area contributed by atoms with Crippen LogP contribution in [0.15, 0.2) is 61.2 Å². The molecule has 0 bridgehead atoms. The van der Waals surface area contributed by atoms with E-state index in [2.05, 4.69) is 28.5 Å². The number of hydrogen-bond donors (Lipinski definition) is 1. The number of aromatic nitrogens is 2. The van der Waals surface area contributed by atoms with Crippen LogP contribution < -0.4 is 5.32 Å². The smallest absolute Gasteiger partial charge is 0.0992 e. The minimum atomic E-state index is 0.728. The molecular weight excluding hydrogens is 282 g/mol. The van der Waals surface area contributed by atoms with Crippen LogP contribution in [0.4, 0.5) is 5.69 Å². The van der Waals surface area contributed by atoms with E-state index in [1.54, 1.807) is 12.5 Å². The summed E-state index contributed by atoms with van der Waals surface area (Å²) in [7, 11) is 0. The Labute approximate surface area is 129 Å². The number of nitrogens with zero attached hydrogens (tertiary/aromatic N) is 2. The molecule has 0 unspecified atom stereocenters. The fraction of sp³-hybridized carbons (Fsp3) is 0.118. The summed E-state index contributed by atoms with van der Waals surface area (Å²) in [6.45, 7) is 2.74. The molecule has 2 aromatic carbocycles. The molecule has 106 valence electrons. The van der Waals surface area contributed by atoms with E-state index in [1.807, 2.05) is 42.0 Å². The summed E-state index contributed by atoms with van der Waals surface area (Å²) in [6, 6.07) is 14.3. The van der Waals surface area contributed by atoms with Gasteiger partial charge in [0.15, 0.2) is 0 Å². The van der Waals surface area contributed by atoms with E-state index in [4.69, 9.17) is 11.6 Å². The van der Waals surface area contributed by atoms with Crippen LogP contribution >= 0.6 is 11.6 Å². The second-order valence-electron chi connectivity index (χ2n) is 4.92. The molecule has 0 amide bonds. The largest absolute Gasteiger partial charge is 0.379 e. The molecule has 4 heteroatoms. The lowest BCUT2D eigenvalue weighted by Gasteiger charge is -2.13. The average Bonchev–Trinajstić information content (AvgIpc) is 3.03. The number of benzene rings is 2. The van der Waals surface area contributed by atoms with Gasteiger partial charge in [0.2, 0.25) is 0 Å². The Morgan fingerprint density at radius 3 is 2.81 bits per heavy atom. The maximum atomic E-state index is 6.17. The summed E-state index contributed by atoms with van der Waals surface area (Å²) in [5.74, 6) is 0. The third-order valence-corrected chi connectivity index (χ3v) is 3.81. The molecule has 0 aliphatic carbocycles. The number of nitrogens with one attached hydrogen (secondary N) is 1. The lowest BCUT2D eigenvalue weighted by molar-refractivity contribution is 1.04. The van der Waals surface area contributed by atoms with Gasteiger partial charge in [0.25, 0.3) is 0 Å². The standard InChI is InChI=1S/C17H16ClN3/c1-13-6-7-14(10-15(13)18)11-20-16-4-2-3-5-17(16)21-9-8-19-12-21/h2-10,12,20H,11H2,1H3. The summed E-state index contributed by atoms with van der Waals surface area (Å²) >= 11 is 6.17. The van der Waals surface area contributed by atoms with Gasteiger partial charge < -0.3 is 9.88 Å². The maximum absolute atomic E-state index is 6.17. The van der Waals surface area contributed by atoms with Crippen LogP contribution in [-0.2, 0) is 6.54 Å². The van der Waals surface area contributed by atoms with Crippen molar-refractivity contribution >= 4 is 17.3 Å². The van der Waals surface area contributed by atoms with Gasteiger partial charge in [-0.2, -0.15) is 0 Å². The number of halogens is 1. The van der Waals surface area contributed by atoms with Gasteiger partial charge >= 0.3 is 0 Å². The first kappa shape index (κ1) is 13.7. The van der Waals surface area contributed by atoms with Crippen LogP contribution in [0.5, 0.6) is 0 Å². The molecule has 0 saturated heterocycles. The number of para-hydroxylation sites is 2. The zero-order valence-electron chi connectivity index (χ0n) is 11.8. The number of hydrogen-bond acceptors (Lipinski definition) is 2. The van der Waals surface area contributed by atoms with Crippen molar-refractivity contribution in [1.29, 1.82) is 0 Å². The zero-order valence-corrected chi connectivity index (χ0v) is 12.5. The molecule has 1 aromatic heterocycles. The van der Waals surface area contributed by atoms with E-state index in [0.29, 0.717) is 0 Å². The molecule has 1 N–H and O–H groups in total. The van der Waals surface area contributed by atoms with Crippen LogP contribution in [0, 0.1) is 6.92 Å². The maximum Gasteiger partial charge on any atom is 0.0992 e. The molecule has 0 fully saturated rings. The number of rotatable bonds is 4. The molecule has 0 saturated carbocycles. The number of aryl methyl sites for hydroxylation is 1. The van der Waals surface area contributed by atoms with Crippen LogP contribution in [-0.4, -0.2) is 9.55 Å². The molecular formula is C17H16ClN3. The number of anilines is 1. The van der Waals surface area contributed by atoms with Gasteiger partial charge in [-0.05, 0) is 36.2 Å². The van der Waals surface area contributed by atoms with E-state index in [1.165, 1.54) is 0 Å². The SMILES string of the molecule is Cc1ccc(CNc2ccccc2-n2ccnc2)cc1Cl. The third kappa shape index (κ3) is 3.09. The minimum Gasteiger partial charge on any atom is -0.379 e. The first-order valence-electron chi connectivity index (χ1n) is 6.80. The predicted molar refractivity (Wildman–Crippen MR) is 87.1 cm³/mol. The molecule has 3 rings (SSSR count). The van der Waals surface area contributed by atoms with E-state index in [-0.39, 0.29) is 0 Å². The second-order valence-corrected chi connectivity index (χ2v) is 5.33. The minimum absolute atomic E-state index is 0.728. The van der Waals surface area contributed by atoms with Crippen molar-refractivity contribution in [1.82, 2.24) is 9.55 Å². The number of imidazole rings is 1. The van der Waals surface area contributed by atoms with Gasteiger partial charge in [-0.15, -0.1) is 0 Å². The Balaban J connectivity index is 1.81. The van der Waals surface area contributed by atoms with E-state index < -0.39 is 0 Å². The van der Waals surface area contributed by atoms with Crippen molar-refractivity contribution in [3.8, 4) is 5.69 Å². The Kier molecular flexibility index (Phi) is 3.93. The average molecular weight is 298 g/mol. The first-order chi connectivity index (χ1) is 10.2. The van der Waals surface area contributed by atoms with Crippen molar-refractivity contribution in [3.05, 3.63) is 77.3 Å². The van der Waals surface area contributed by atoms with Gasteiger partial charge in [-0.1, -0.05) is 35.9 Å². The van der Waals surface area contributed by atoms with Gasteiger partial charge in [-0.3, -0.25) is 0 Å². The first-order valence-corrected chi connectivity index (χ1v) is 7.18. The summed E-state index contributed by atoms with van der Waals surface area (Å²) in [6.07, 6.45) is 5.50. The molecule has 3 aromatic rings. The molecule has 0 spiro atoms. The van der Waals surface area contributed by atoms with Crippen molar-refractivity contribution in [2.24, 2.45) is 0 Å². The lowest BCUT2D eigenvalue weighted by atomic mass is 10.1. The van der Waals surface area contributed by atoms with E-state index >= 15 is 0 Å². The summed E-state index contributed by atoms with van der Waals surface area (Å²) < 4.78 is 1.99. The van der Waals surface area contributed by atoms with Crippen molar-refractivity contribution in [3.63, 3.8) is 0 Å². The quantitative estimate of drug-likeness (QED) is 0.771. The molecule has 21 heavy (non-hydrogen) atoms. The fourth-order valence-electron chi connectivity index (χ4n) is 2.19. The normalized spacial score (nSPS) is 10.6. The highest BCUT2D eigenvalue weighted by atomic mass is 35.5. The molecule has 0 aliphatic heterocycles. The highest BCUT2D eigenvalue weighted by Gasteiger charge is 2.04. The van der Waals surface area contributed by atoms with Gasteiger partial charge in [0.1, 0.15) is 0 Å². The van der Waals surface area contributed by atoms with Crippen LogP contribution in [0.25, 0.3) is 5.69 Å². The van der Waals surface area contributed by atoms with Gasteiger partial charge in [0, 0.05) is 24.0 Å². The van der Waals surface area contributed by atoms with Gasteiger partial charge in [0.05, 0.1) is 17.7 Å². The highest BCUT2D eigenvalue weighted by Crippen LogP contribution is 2.22. The summed E-state index contributed by atoms with van der Waals surface area (Å²) in [4.78, 5) is 4.10. The Hall–Kier alpha value is -2.26. The van der Waals surface area contributed by atoms with E-state index in [0.717, 1.165) is 34.1 Å². The Bertz CT molecular complexity index is 736. The third-order valence-electron chi connectivity index (χ3n) is 3.41. The topological polar surface area (TPSA) is 29.9 Å². The Morgan fingerprint density at radius 1 is 1.19 bits per heavy atom. The summed E-state index contributed by atoms with van der Waals surface area (Å²) in [5.41, 5.74) is 4.39. The zero-order chi connectivity index (χ0) is 14.7. The summed E-state index contributed by atoms with van der Waals surface area (Å²) in [5, 5.41) is 4.26. The van der Waals surface area contributed by atoms with E-state index in [9.17, 15) is 0 Å². The van der Waals surface area contributed by atoms with Gasteiger partial charge in [-0.25, -0.2) is 4.98 Å². The highest BCUT2D eigenvalue weighted by molar-refractivity contribution is 6.31. The van der Waals surface area contributed by atoms with Crippen molar-refractivity contribution < 1.29 is 0 Å². The molecule has 0 aliphatic rings. The molecule has 3 nitrogen and oxygen atoms in total. The predicted octanol–water partition coefficient (Wildman–Crippen LogP) is 4.45. The Morgan fingerprint density at radius 2 is 2.05 bits per heavy atom. The molecule has 0 atom stereocenters. The van der Waals surface area contributed by atoms with Crippen molar-refractivity contribution in [2.75, 3.05) is 5.32 Å². The lowest BCUT2D eigenvalue weighted by Crippen LogP contribution is -2.03. The monoisotopic (exact) mass is 297 g/mol. The second kappa shape index (κ2) is 6.02. The molecule has 0 radical (unpaired) electrons.